The standard InChI is InChI=1S/C23H25FN2O3/c24-19-10-8-18(9-11-19)23(28)26-14-12-25(13-15-26)22(27)16-29-21-7-3-5-17-4-1-2-6-20(17)21/h1-2,4,6,8-11,21H,3,5,7,12-16H2. The average Bonchev–Trinajstić information content (AvgIpc) is 2.77. The zero-order chi connectivity index (χ0) is 20.2. The Kier molecular flexibility index (Phi) is 5.90. The van der Waals surface area contributed by atoms with Crippen molar-refractivity contribution in [2.75, 3.05) is 32.8 Å². The van der Waals surface area contributed by atoms with E-state index in [0.717, 1.165) is 19.3 Å². The molecule has 5 nitrogen and oxygen atoms in total. The number of fused-ring (bicyclic) bond motifs is 1. The van der Waals surface area contributed by atoms with E-state index in [-0.39, 0.29) is 30.3 Å². The molecule has 0 spiro atoms. The molecule has 2 aromatic rings. The first kappa shape index (κ1) is 19.6. The van der Waals surface area contributed by atoms with Crippen LogP contribution >= 0.6 is 0 Å². The van der Waals surface area contributed by atoms with Crippen LogP contribution in [-0.2, 0) is 16.0 Å². The maximum atomic E-state index is 13.0. The van der Waals surface area contributed by atoms with Crippen LogP contribution < -0.4 is 0 Å². The normalized spacial score (nSPS) is 19.0. The fourth-order valence-corrected chi connectivity index (χ4v) is 4.08. The lowest BCUT2D eigenvalue weighted by Gasteiger charge is -2.35. The van der Waals surface area contributed by atoms with Crippen molar-refractivity contribution in [2.24, 2.45) is 0 Å². The number of nitrogens with zero attached hydrogens (tertiary/aromatic N) is 2. The third-order valence-corrected chi connectivity index (χ3v) is 5.73. The molecule has 2 amide bonds. The van der Waals surface area contributed by atoms with Crippen molar-refractivity contribution < 1.29 is 18.7 Å². The first-order valence-electron chi connectivity index (χ1n) is 10.1. The Morgan fingerprint density at radius 2 is 1.66 bits per heavy atom. The molecule has 29 heavy (non-hydrogen) atoms. The number of amides is 2. The molecule has 0 radical (unpaired) electrons. The Morgan fingerprint density at radius 1 is 0.966 bits per heavy atom. The molecule has 0 N–H and O–H groups in total. The number of ether oxygens (including phenoxy) is 1. The summed E-state index contributed by atoms with van der Waals surface area (Å²) in [6.45, 7) is 1.96. The largest absolute Gasteiger partial charge is 0.364 e. The Labute approximate surface area is 170 Å². The number of aryl methyl sites for hydroxylation is 1. The number of carbonyl (C=O) groups is 2. The number of piperazine rings is 1. The monoisotopic (exact) mass is 396 g/mol. The second-order valence-electron chi connectivity index (χ2n) is 7.57. The molecular formula is C23H25FN2O3. The van der Waals surface area contributed by atoms with Crippen molar-refractivity contribution in [3.63, 3.8) is 0 Å². The van der Waals surface area contributed by atoms with Gasteiger partial charge in [0.25, 0.3) is 5.91 Å². The van der Waals surface area contributed by atoms with Gasteiger partial charge in [-0.2, -0.15) is 0 Å². The fraction of sp³-hybridized carbons (Fsp3) is 0.391. The van der Waals surface area contributed by atoms with Crippen LogP contribution in [0.3, 0.4) is 0 Å². The second-order valence-corrected chi connectivity index (χ2v) is 7.57. The quantitative estimate of drug-likeness (QED) is 0.798. The first-order chi connectivity index (χ1) is 14.1. The number of carbonyl (C=O) groups excluding carboxylic acids is 2. The lowest BCUT2D eigenvalue weighted by atomic mass is 9.89. The Bertz CT molecular complexity index is 876. The highest BCUT2D eigenvalue weighted by Crippen LogP contribution is 2.32. The van der Waals surface area contributed by atoms with E-state index in [1.54, 1.807) is 9.80 Å². The highest BCUT2D eigenvalue weighted by Gasteiger charge is 2.26. The molecule has 152 valence electrons. The third-order valence-electron chi connectivity index (χ3n) is 5.73. The fourth-order valence-electron chi connectivity index (χ4n) is 4.08. The van der Waals surface area contributed by atoms with Gasteiger partial charge in [0, 0.05) is 31.7 Å². The van der Waals surface area contributed by atoms with Crippen LogP contribution in [0, 0.1) is 5.82 Å². The molecule has 0 saturated carbocycles. The molecule has 2 aliphatic rings. The summed E-state index contributed by atoms with van der Waals surface area (Å²) < 4.78 is 19.0. The van der Waals surface area contributed by atoms with Crippen molar-refractivity contribution in [3.05, 3.63) is 71.0 Å². The smallest absolute Gasteiger partial charge is 0.253 e. The first-order valence-corrected chi connectivity index (χ1v) is 10.1. The van der Waals surface area contributed by atoms with Gasteiger partial charge in [-0.3, -0.25) is 9.59 Å². The van der Waals surface area contributed by atoms with Crippen LogP contribution in [0.5, 0.6) is 0 Å². The zero-order valence-corrected chi connectivity index (χ0v) is 16.4. The molecule has 1 aliphatic heterocycles. The average molecular weight is 396 g/mol. The Hall–Kier alpha value is -2.73. The third kappa shape index (κ3) is 4.48. The van der Waals surface area contributed by atoms with Crippen molar-refractivity contribution in [3.8, 4) is 0 Å². The molecular weight excluding hydrogens is 371 g/mol. The number of rotatable bonds is 4. The summed E-state index contributed by atoms with van der Waals surface area (Å²) in [5.41, 5.74) is 2.97. The maximum absolute atomic E-state index is 13.0. The summed E-state index contributed by atoms with van der Waals surface area (Å²) in [4.78, 5) is 28.6. The molecule has 1 atom stereocenters. The van der Waals surface area contributed by atoms with E-state index in [2.05, 4.69) is 12.1 Å². The van der Waals surface area contributed by atoms with E-state index in [0.29, 0.717) is 31.7 Å². The minimum atomic E-state index is -0.363. The molecule has 0 aromatic heterocycles. The predicted octanol–water partition coefficient (Wildman–Crippen LogP) is 3.20. The Morgan fingerprint density at radius 3 is 2.41 bits per heavy atom. The van der Waals surface area contributed by atoms with Crippen molar-refractivity contribution in [1.29, 1.82) is 0 Å². The summed E-state index contributed by atoms with van der Waals surface area (Å²) in [6.07, 6.45) is 3.04. The molecule has 2 aromatic carbocycles. The van der Waals surface area contributed by atoms with E-state index in [1.807, 2.05) is 12.1 Å². The van der Waals surface area contributed by atoms with Crippen LogP contribution in [-0.4, -0.2) is 54.4 Å². The summed E-state index contributed by atoms with van der Waals surface area (Å²) in [5, 5.41) is 0. The van der Waals surface area contributed by atoms with Gasteiger partial charge in [-0.1, -0.05) is 24.3 Å². The second kappa shape index (κ2) is 8.74. The maximum Gasteiger partial charge on any atom is 0.253 e. The van der Waals surface area contributed by atoms with Crippen LogP contribution in [0.4, 0.5) is 4.39 Å². The van der Waals surface area contributed by atoms with Crippen LogP contribution in [0.25, 0.3) is 0 Å². The van der Waals surface area contributed by atoms with Gasteiger partial charge < -0.3 is 14.5 Å². The van der Waals surface area contributed by atoms with E-state index in [1.165, 1.54) is 35.4 Å². The van der Waals surface area contributed by atoms with Gasteiger partial charge >= 0.3 is 0 Å². The van der Waals surface area contributed by atoms with E-state index in [4.69, 9.17) is 4.74 Å². The van der Waals surface area contributed by atoms with Gasteiger partial charge in [0.1, 0.15) is 12.4 Å². The molecule has 1 unspecified atom stereocenters. The van der Waals surface area contributed by atoms with Gasteiger partial charge in [0.15, 0.2) is 0 Å². The van der Waals surface area contributed by atoms with Crippen LogP contribution in [0.2, 0.25) is 0 Å². The summed E-state index contributed by atoms with van der Waals surface area (Å²) >= 11 is 0. The molecule has 6 heteroatoms. The minimum absolute atomic E-state index is 0.0229. The molecule has 1 aliphatic carbocycles. The highest BCUT2D eigenvalue weighted by molar-refractivity contribution is 5.94. The number of hydrogen-bond donors (Lipinski definition) is 0. The van der Waals surface area contributed by atoms with Gasteiger partial charge in [-0.05, 0) is 54.7 Å². The molecule has 0 bridgehead atoms. The number of halogens is 1. The summed E-state index contributed by atoms with van der Waals surface area (Å²) in [5.74, 6) is -0.536. The predicted molar refractivity (Wildman–Crippen MR) is 107 cm³/mol. The molecule has 1 heterocycles. The lowest BCUT2D eigenvalue weighted by molar-refractivity contribution is -0.140. The van der Waals surface area contributed by atoms with Crippen molar-refractivity contribution in [1.82, 2.24) is 9.80 Å². The van der Waals surface area contributed by atoms with E-state index < -0.39 is 0 Å². The number of hydrogen-bond acceptors (Lipinski definition) is 3. The summed E-state index contributed by atoms with van der Waals surface area (Å²) in [6, 6.07) is 13.8. The van der Waals surface area contributed by atoms with E-state index in [9.17, 15) is 14.0 Å². The van der Waals surface area contributed by atoms with E-state index >= 15 is 0 Å². The van der Waals surface area contributed by atoms with Gasteiger partial charge in [-0.15, -0.1) is 0 Å². The van der Waals surface area contributed by atoms with Crippen molar-refractivity contribution >= 4 is 11.8 Å². The van der Waals surface area contributed by atoms with Gasteiger partial charge in [-0.25, -0.2) is 4.39 Å². The number of benzene rings is 2. The zero-order valence-electron chi connectivity index (χ0n) is 16.4. The van der Waals surface area contributed by atoms with Crippen molar-refractivity contribution in [2.45, 2.75) is 25.4 Å². The van der Waals surface area contributed by atoms with Crippen LogP contribution in [0.1, 0.15) is 40.4 Å². The minimum Gasteiger partial charge on any atom is -0.364 e. The van der Waals surface area contributed by atoms with Gasteiger partial charge in [0.2, 0.25) is 5.91 Å². The summed E-state index contributed by atoms with van der Waals surface area (Å²) in [7, 11) is 0. The lowest BCUT2D eigenvalue weighted by Crippen LogP contribution is -2.51. The molecule has 1 saturated heterocycles. The van der Waals surface area contributed by atoms with Crippen LogP contribution in [0.15, 0.2) is 48.5 Å². The van der Waals surface area contributed by atoms with Gasteiger partial charge in [0.05, 0.1) is 6.10 Å². The molecule has 1 fully saturated rings. The highest BCUT2D eigenvalue weighted by atomic mass is 19.1. The topological polar surface area (TPSA) is 49.9 Å². The Balaban J connectivity index is 1.27. The molecule has 4 rings (SSSR count). The SMILES string of the molecule is O=C(COC1CCCc2ccccc21)N1CCN(C(=O)c2ccc(F)cc2)CC1.